The largest absolute Gasteiger partial charge is 0.354 e. The molecule has 0 unspecified atom stereocenters. The van der Waals surface area contributed by atoms with Crippen LogP contribution in [0, 0.1) is 0 Å². The van der Waals surface area contributed by atoms with E-state index in [2.05, 4.69) is 10.6 Å². The summed E-state index contributed by atoms with van der Waals surface area (Å²) in [6, 6.07) is 7.95. The zero-order valence-corrected chi connectivity index (χ0v) is 11.3. The van der Waals surface area contributed by atoms with Gasteiger partial charge in [-0.25, -0.2) is 0 Å². The number of aromatic nitrogens is 1. The van der Waals surface area contributed by atoms with Gasteiger partial charge in [-0.05, 0) is 11.6 Å². The molecule has 0 radical (unpaired) electrons. The van der Waals surface area contributed by atoms with Gasteiger partial charge in [0, 0.05) is 37.1 Å². The predicted octanol–water partition coefficient (Wildman–Crippen LogP) is 0.725. The van der Waals surface area contributed by atoms with Crippen molar-refractivity contribution in [3.05, 3.63) is 36.0 Å². The van der Waals surface area contributed by atoms with Crippen LogP contribution in [0.1, 0.15) is 12.0 Å². The molecule has 0 aliphatic carbocycles. The zero-order valence-electron chi connectivity index (χ0n) is 11.3. The summed E-state index contributed by atoms with van der Waals surface area (Å²) in [6.07, 6.45) is 2.70. The van der Waals surface area contributed by atoms with Gasteiger partial charge in [0.05, 0.1) is 12.5 Å². The number of rotatable bonds is 3. The van der Waals surface area contributed by atoms with Gasteiger partial charge in [-0.15, -0.1) is 0 Å². The molecular weight excluding hydrogens is 254 g/mol. The second-order valence-corrected chi connectivity index (χ2v) is 5.23. The van der Waals surface area contributed by atoms with Crippen molar-refractivity contribution in [2.45, 2.75) is 18.9 Å². The summed E-state index contributed by atoms with van der Waals surface area (Å²) < 4.78 is 2.03. The molecule has 1 aromatic carbocycles. The van der Waals surface area contributed by atoms with E-state index in [1.165, 1.54) is 0 Å². The number of hydrogen-bond acceptors (Lipinski definition) is 2. The van der Waals surface area contributed by atoms with E-state index in [4.69, 9.17) is 0 Å². The highest BCUT2D eigenvalue weighted by atomic mass is 16.2. The lowest BCUT2D eigenvalue weighted by molar-refractivity contribution is -0.121. The molecule has 2 N–H and O–H groups in total. The molecule has 0 saturated carbocycles. The van der Waals surface area contributed by atoms with Gasteiger partial charge in [0.2, 0.25) is 11.8 Å². The molecule has 1 fully saturated rings. The summed E-state index contributed by atoms with van der Waals surface area (Å²) >= 11 is 0. The fourth-order valence-corrected chi connectivity index (χ4v) is 2.73. The van der Waals surface area contributed by atoms with E-state index < -0.39 is 0 Å². The van der Waals surface area contributed by atoms with Crippen molar-refractivity contribution in [2.24, 2.45) is 7.05 Å². The molecule has 3 rings (SSSR count). The molecule has 1 saturated heterocycles. The van der Waals surface area contributed by atoms with Crippen LogP contribution in [0.5, 0.6) is 0 Å². The van der Waals surface area contributed by atoms with Crippen LogP contribution in [0.15, 0.2) is 30.5 Å². The molecule has 20 heavy (non-hydrogen) atoms. The number of nitrogens with zero attached hydrogens (tertiary/aromatic N) is 1. The fraction of sp³-hybridized carbons (Fsp3) is 0.333. The standard InChI is InChI=1S/C15H17N3O2/c1-18-9-10(12-4-2-3-5-13(12)18)6-15(20)17-11-7-14(19)16-8-11/h2-5,9,11H,6-8H2,1H3,(H,16,19)(H,17,20)/t11-/m1/s1. The van der Waals surface area contributed by atoms with Crippen molar-refractivity contribution in [3.63, 3.8) is 0 Å². The zero-order chi connectivity index (χ0) is 14.1. The highest BCUT2D eigenvalue weighted by Gasteiger charge is 2.23. The van der Waals surface area contributed by atoms with Crippen LogP contribution in [0.25, 0.3) is 10.9 Å². The topological polar surface area (TPSA) is 63.1 Å². The third-order valence-electron chi connectivity index (χ3n) is 3.67. The van der Waals surface area contributed by atoms with Gasteiger partial charge in [0.1, 0.15) is 0 Å². The number of amides is 2. The predicted molar refractivity (Wildman–Crippen MR) is 76.2 cm³/mol. The summed E-state index contributed by atoms with van der Waals surface area (Å²) in [5, 5.41) is 6.72. The maximum atomic E-state index is 12.1. The molecule has 2 amide bonds. The normalized spacial score (nSPS) is 18.2. The monoisotopic (exact) mass is 271 g/mol. The molecule has 2 aromatic rings. The Balaban J connectivity index is 1.73. The number of benzene rings is 1. The molecule has 1 aliphatic rings. The Hall–Kier alpha value is -2.30. The lowest BCUT2D eigenvalue weighted by atomic mass is 10.1. The number of para-hydroxylation sites is 1. The van der Waals surface area contributed by atoms with Crippen molar-refractivity contribution in [2.75, 3.05) is 6.54 Å². The van der Waals surface area contributed by atoms with Crippen molar-refractivity contribution in [1.82, 2.24) is 15.2 Å². The molecule has 5 nitrogen and oxygen atoms in total. The molecule has 2 heterocycles. The Bertz CT molecular complexity index is 675. The average molecular weight is 271 g/mol. The smallest absolute Gasteiger partial charge is 0.224 e. The van der Waals surface area contributed by atoms with E-state index in [9.17, 15) is 9.59 Å². The number of hydrogen-bond donors (Lipinski definition) is 2. The molecule has 5 heteroatoms. The van der Waals surface area contributed by atoms with Crippen molar-refractivity contribution < 1.29 is 9.59 Å². The quantitative estimate of drug-likeness (QED) is 0.864. The minimum Gasteiger partial charge on any atom is -0.354 e. The van der Waals surface area contributed by atoms with Gasteiger partial charge in [0.15, 0.2) is 0 Å². The summed E-state index contributed by atoms with van der Waals surface area (Å²) in [5.41, 5.74) is 2.13. The molecule has 0 bridgehead atoms. The van der Waals surface area contributed by atoms with Crippen LogP contribution in [0.4, 0.5) is 0 Å². The van der Waals surface area contributed by atoms with Gasteiger partial charge >= 0.3 is 0 Å². The van der Waals surface area contributed by atoms with Crippen molar-refractivity contribution >= 4 is 22.7 Å². The third-order valence-corrected chi connectivity index (χ3v) is 3.67. The Morgan fingerprint density at radius 2 is 2.25 bits per heavy atom. The van der Waals surface area contributed by atoms with Crippen LogP contribution in [-0.4, -0.2) is 29.0 Å². The maximum absolute atomic E-state index is 12.1. The number of fused-ring (bicyclic) bond motifs is 1. The first-order chi connectivity index (χ1) is 9.63. The van der Waals surface area contributed by atoms with E-state index in [1.54, 1.807) is 0 Å². The van der Waals surface area contributed by atoms with Gasteiger partial charge in [-0.1, -0.05) is 18.2 Å². The maximum Gasteiger partial charge on any atom is 0.224 e. The van der Waals surface area contributed by atoms with Crippen molar-refractivity contribution in [3.8, 4) is 0 Å². The fourth-order valence-electron chi connectivity index (χ4n) is 2.73. The highest BCUT2D eigenvalue weighted by molar-refractivity contribution is 5.90. The van der Waals surface area contributed by atoms with E-state index in [0.29, 0.717) is 19.4 Å². The van der Waals surface area contributed by atoms with Crippen LogP contribution in [0.3, 0.4) is 0 Å². The van der Waals surface area contributed by atoms with Crippen LogP contribution in [0.2, 0.25) is 0 Å². The first-order valence-corrected chi connectivity index (χ1v) is 6.72. The van der Waals surface area contributed by atoms with Gasteiger partial charge < -0.3 is 15.2 Å². The minimum atomic E-state index is -0.0787. The van der Waals surface area contributed by atoms with Gasteiger partial charge in [0.25, 0.3) is 0 Å². The molecule has 1 aromatic heterocycles. The van der Waals surface area contributed by atoms with E-state index >= 15 is 0 Å². The summed E-state index contributed by atoms with van der Waals surface area (Å²) in [7, 11) is 1.98. The second-order valence-electron chi connectivity index (χ2n) is 5.23. The van der Waals surface area contributed by atoms with Crippen LogP contribution >= 0.6 is 0 Å². The Morgan fingerprint density at radius 3 is 3.00 bits per heavy atom. The summed E-state index contributed by atoms with van der Waals surface area (Å²) in [4.78, 5) is 23.2. The van der Waals surface area contributed by atoms with E-state index in [0.717, 1.165) is 16.5 Å². The molecule has 104 valence electrons. The summed E-state index contributed by atoms with van der Waals surface area (Å²) in [6.45, 7) is 0.528. The summed E-state index contributed by atoms with van der Waals surface area (Å²) in [5.74, 6) is -0.0386. The van der Waals surface area contributed by atoms with Crippen LogP contribution in [-0.2, 0) is 23.1 Å². The lowest BCUT2D eigenvalue weighted by Crippen LogP contribution is -2.37. The third kappa shape index (κ3) is 2.39. The molecule has 1 atom stereocenters. The Kier molecular flexibility index (Phi) is 3.18. The number of carbonyl (C=O) groups excluding carboxylic acids is 2. The number of nitrogens with one attached hydrogen (secondary N) is 2. The minimum absolute atomic E-state index is 0.000427. The first-order valence-electron chi connectivity index (χ1n) is 6.72. The molecular formula is C15H17N3O2. The van der Waals surface area contributed by atoms with Gasteiger partial charge in [-0.3, -0.25) is 9.59 Å². The van der Waals surface area contributed by atoms with E-state index in [-0.39, 0.29) is 17.9 Å². The Morgan fingerprint density at radius 1 is 1.45 bits per heavy atom. The Labute approximate surface area is 117 Å². The van der Waals surface area contributed by atoms with Gasteiger partial charge in [-0.2, -0.15) is 0 Å². The molecule has 1 aliphatic heterocycles. The highest BCUT2D eigenvalue weighted by Crippen LogP contribution is 2.20. The average Bonchev–Trinajstić information content (AvgIpc) is 2.95. The second kappa shape index (κ2) is 5.00. The first kappa shape index (κ1) is 12.7. The number of aryl methyl sites for hydroxylation is 1. The lowest BCUT2D eigenvalue weighted by Gasteiger charge is -2.09. The van der Waals surface area contributed by atoms with Crippen molar-refractivity contribution in [1.29, 1.82) is 0 Å². The van der Waals surface area contributed by atoms with Crippen LogP contribution < -0.4 is 10.6 Å². The SMILES string of the molecule is Cn1cc(CC(=O)N[C@H]2CNC(=O)C2)c2ccccc21. The molecule has 0 spiro atoms. The van der Waals surface area contributed by atoms with E-state index in [1.807, 2.05) is 42.1 Å². The number of carbonyl (C=O) groups is 2.